The van der Waals surface area contributed by atoms with Gasteiger partial charge in [0.15, 0.2) is 5.58 Å². The van der Waals surface area contributed by atoms with Crippen LogP contribution >= 0.6 is 11.3 Å². The molecule has 3 aromatic heterocycles. The summed E-state index contributed by atoms with van der Waals surface area (Å²) in [6.45, 7) is 0. The molecule has 0 saturated heterocycles. The van der Waals surface area contributed by atoms with E-state index in [1.165, 1.54) is 4.70 Å². The zero-order valence-electron chi connectivity index (χ0n) is 10.9. The van der Waals surface area contributed by atoms with Crippen LogP contribution in [0, 0.1) is 0 Å². The van der Waals surface area contributed by atoms with Crippen LogP contribution in [-0.4, -0.2) is 4.40 Å². The van der Waals surface area contributed by atoms with Gasteiger partial charge in [0.1, 0.15) is 15.8 Å². The van der Waals surface area contributed by atoms with Gasteiger partial charge in [0, 0.05) is 0 Å². The monoisotopic (exact) mass is 291 g/mol. The second-order valence-electron chi connectivity index (χ2n) is 5.04. The van der Waals surface area contributed by atoms with Crippen molar-refractivity contribution >= 4 is 48.3 Å². The van der Waals surface area contributed by atoms with Crippen molar-refractivity contribution in [3.05, 3.63) is 65.0 Å². The van der Waals surface area contributed by atoms with Crippen LogP contribution in [0.1, 0.15) is 0 Å². The third-order valence-corrected chi connectivity index (χ3v) is 4.99. The van der Waals surface area contributed by atoms with Crippen LogP contribution in [-0.2, 0) is 0 Å². The van der Waals surface area contributed by atoms with Crippen molar-refractivity contribution in [1.82, 2.24) is 4.40 Å². The van der Waals surface area contributed by atoms with E-state index in [2.05, 4.69) is 16.5 Å². The molecule has 3 heterocycles. The van der Waals surface area contributed by atoms with E-state index in [9.17, 15) is 4.79 Å². The Bertz CT molecular complexity index is 1210. The predicted octanol–water partition coefficient (Wildman–Crippen LogP) is 4.41. The van der Waals surface area contributed by atoms with Crippen LogP contribution in [0.4, 0.5) is 0 Å². The van der Waals surface area contributed by atoms with Crippen LogP contribution in [0.15, 0.2) is 63.9 Å². The van der Waals surface area contributed by atoms with Gasteiger partial charge in [-0.25, -0.2) is 0 Å². The van der Waals surface area contributed by atoms with Gasteiger partial charge in [0.2, 0.25) is 5.43 Å². The average Bonchev–Trinajstić information content (AvgIpc) is 3.03. The van der Waals surface area contributed by atoms with E-state index >= 15 is 0 Å². The molecule has 0 aliphatic heterocycles. The van der Waals surface area contributed by atoms with Crippen molar-refractivity contribution in [2.24, 2.45) is 0 Å². The first-order valence-electron chi connectivity index (χ1n) is 6.67. The molecule has 3 nitrogen and oxygen atoms in total. The number of fused-ring (bicyclic) bond motifs is 6. The fraction of sp³-hybridized carbons (Fsp3) is 0. The van der Waals surface area contributed by atoms with E-state index in [4.69, 9.17) is 4.42 Å². The number of thiazole rings is 1. The highest BCUT2D eigenvalue weighted by molar-refractivity contribution is 7.24. The molecular weight excluding hydrogens is 282 g/mol. The normalized spacial score (nSPS) is 12.0. The minimum atomic E-state index is 0.0425. The van der Waals surface area contributed by atoms with Gasteiger partial charge >= 0.3 is 0 Å². The Labute approximate surface area is 122 Å². The Kier molecular flexibility index (Phi) is 1.98. The van der Waals surface area contributed by atoms with Crippen LogP contribution < -0.4 is 5.43 Å². The first kappa shape index (κ1) is 11.1. The third-order valence-electron chi connectivity index (χ3n) is 3.84. The lowest BCUT2D eigenvalue weighted by Gasteiger charge is -1.96. The van der Waals surface area contributed by atoms with Gasteiger partial charge in [-0.05, 0) is 24.3 Å². The highest BCUT2D eigenvalue weighted by Gasteiger charge is 2.16. The van der Waals surface area contributed by atoms with Gasteiger partial charge in [-0.2, -0.15) is 0 Å². The van der Waals surface area contributed by atoms with E-state index in [0.717, 1.165) is 10.3 Å². The number of aromatic nitrogens is 1. The predicted molar refractivity (Wildman–Crippen MR) is 86.3 cm³/mol. The van der Waals surface area contributed by atoms with Crippen LogP contribution in [0.3, 0.4) is 0 Å². The number of nitrogens with zero attached hydrogens (tertiary/aromatic N) is 1. The smallest absolute Gasteiger partial charge is 0.203 e. The molecule has 0 amide bonds. The summed E-state index contributed by atoms with van der Waals surface area (Å²) in [5.74, 6) is 0. The second kappa shape index (κ2) is 3.74. The minimum Gasteiger partial charge on any atom is -0.454 e. The molecular formula is C17H9NO2S. The maximum absolute atomic E-state index is 12.8. The zero-order valence-corrected chi connectivity index (χ0v) is 11.7. The minimum absolute atomic E-state index is 0.0425. The topological polar surface area (TPSA) is 34.6 Å². The van der Waals surface area contributed by atoms with Gasteiger partial charge in [-0.1, -0.05) is 24.3 Å². The Morgan fingerprint density at radius 2 is 1.76 bits per heavy atom. The molecule has 5 aromatic rings. The van der Waals surface area contributed by atoms with Gasteiger partial charge in [0.25, 0.3) is 0 Å². The standard InChI is InChI=1S/C17H9NO2S/c19-16-10-5-1-3-7-12(10)20-13-9-18-11-6-2-4-8-14(11)21-17(18)15(13)16/h1-9H. The highest BCUT2D eigenvalue weighted by Crippen LogP contribution is 2.33. The summed E-state index contributed by atoms with van der Waals surface area (Å²) in [5, 5.41) is 1.31. The molecule has 0 unspecified atom stereocenters. The van der Waals surface area contributed by atoms with E-state index in [1.807, 2.05) is 42.6 Å². The lowest BCUT2D eigenvalue weighted by atomic mass is 10.2. The van der Waals surface area contributed by atoms with E-state index in [0.29, 0.717) is 21.9 Å². The Morgan fingerprint density at radius 3 is 2.71 bits per heavy atom. The number of hydrogen-bond donors (Lipinski definition) is 0. The molecule has 0 aliphatic carbocycles. The maximum atomic E-state index is 12.8. The quantitative estimate of drug-likeness (QED) is 0.423. The van der Waals surface area contributed by atoms with Crippen molar-refractivity contribution in [3.63, 3.8) is 0 Å². The number of rotatable bonds is 0. The fourth-order valence-corrected chi connectivity index (χ4v) is 4.05. The molecule has 0 spiro atoms. The molecule has 0 aliphatic rings. The molecule has 21 heavy (non-hydrogen) atoms. The summed E-state index contributed by atoms with van der Waals surface area (Å²) in [6.07, 6.45) is 1.91. The average molecular weight is 291 g/mol. The van der Waals surface area contributed by atoms with Crippen molar-refractivity contribution < 1.29 is 4.42 Å². The Morgan fingerprint density at radius 1 is 0.952 bits per heavy atom. The van der Waals surface area contributed by atoms with Gasteiger partial charge < -0.3 is 8.82 Å². The van der Waals surface area contributed by atoms with E-state index < -0.39 is 0 Å². The first-order valence-corrected chi connectivity index (χ1v) is 7.49. The van der Waals surface area contributed by atoms with Crippen LogP contribution in [0.5, 0.6) is 0 Å². The number of hydrogen-bond acceptors (Lipinski definition) is 3. The molecule has 0 bridgehead atoms. The second-order valence-corrected chi connectivity index (χ2v) is 6.07. The fourth-order valence-electron chi connectivity index (χ4n) is 2.87. The molecule has 0 atom stereocenters. The van der Waals surface area contributed by atoms with E-state index in [-0.39, 0.29) is 5.43 Å². The SMILES string of the molecule is O=c1c2ccccc2oc2cn3c4ccccc4sc3c12. The summed E-state index contributed by atoms with van der Waals surface area (Å²) < 4.78 is 9.12. The summed E-state index contributed by atoms with van der Waals surface area (Å²) in [5.41, 5.74) is 2.43. The van der Waals surface area contributed by atoms with E-state index in [1.54, 1.807) is 11.3 Å². The lowest BCUT2D eigenvalue weighted by Crippen LogP contribution is -2.00. The molecule has 0 N–H and O–H groups in total. The summed E-state index contributed by atoms with van der Waals surface area (Å²) in [6, 6.07) is 15.5. The third kappa shape index (κ3) is 1.35. The number of para-hydroxylation sites is 2. The van der Waals surface area contributed by atoms with Crippen LogP contribution in [0.2, 0.25) is 0 Å². The largest absolute Gasteiger partial charge is 0.454 e. The molecule has 0 saturated carbocycles. The van der Waals surface area contributed by atoms with Crippen LogP contribution in [0.25, 0.3) is 37.0 Å². The lowest BCUT2D eigenvalue weighted by molar-refractivity contribution is 0.660. The molecule has 2 aromatic carbocycles. The van der Waals surface area contributed by atoms with Gasteiger partial charge in [-0.3, -0.25) is 4.79 Å². The molecule has 5 rings (SSSR count). The summed E-state index contributed by atoms with van der Waals surface area (Å²) in [4.78, 5) is 13.7. The Hall–Kier alpha value is -2.59. The molecule has 100 valence electrons. The zero-order chi connectivity index (χ0) is 14.0. The van der Waals surface area contributed by atoms with Crippen molar-refractivity contribution in [1.29, 1.82) is 0 Å². The molecule has 0 radical (unpaired) electrons. The van der Waals surface area contributed by atoms with Crippen molar-refractivity contribution in [3.8, 4) is 0 Å². The van der Waals surface area contributed by atoms with Gasteiger partial charge in [0.05, 0.1) is 21.8 Å². The number of benzene rings is 2. The molecule has 4 heteroatoms. The summed E-state index contributed by atoms with van der Waals surface area (Å²) >= 11 is 1.62. The molecule has 0 fully saturated rings. The first-order chi connectivity index (χ1) is 10.3. The van der Waals surface area contributed by atoms with Crippen molar-refractivity contribution in [2.75, 3.05) is 0 Å². The Balaban J connectivity index is 2.12. The van der Waals surface area contributed by atoms with Crippen molar-refractivity contribution in [2.45, 2.75) is 0 Å². The van der Waals surface area contributed by atoms with Gasteiger partial charge in [-0.15, -0.1) is 11.3 Å². The maximum Gasteiger partial charge on any atom is 0.203 e. The summed E-state index contributed by atoms with van der Waals surface area (Å²) in [7, 11) is 0. The highest BCUT2D eigenvalue weighted by atomic mass is 32.1.